The Morgan fingerprint density at radius 2 is 2.15 bits per heavy atom. The summed E-state index contributed by atoms with van der Waals surface area (Å²) in [7, 11) is 0. The standard InChI is InChI=1S/C14H22N2O3.ClH/c15-8-12-7-11(9-19-12)13(18)16-10-14(5-6-17)3-1-2-4-14;/h7,9,17H,1-6,8,10,15H2,(H,16,18);1H. The van der Waals surface area contributed by atoms with E-state index in [1.165, 1.54) is 19.1 Å². The molecule has 1 saturated carbocycles. The second-order valence-electron chi connectivity index (χ2n) is 5.37. The molecule has 1 aromatic rings. The number of furan rings is 1. The molecule has 114 valence electrons. The van der Waals surface area contributed by atoms with Gasteiger partial charge in [0.2, 0.25) is 0 Å². The second-order valence-corrected chi connectivity index (χ2v) is 5.37. The Balaban J connectivity index is 0.00000200. The highest BCUT2D eigenvalue weighted by atomic mass is 35.5. The molecular formula is C14H23ClN2O3. The summed E-state index contributed by atoms with van der Waals surface area (Å²) in [5.74, 6) is 0.476. The minimum atomic E-state index is -0.132. The molecule has 0 atom stereocenters. The molecule has 1 aromatic heterocycles. The molecule has 1 aliphatic rings. The van der Waals surface area contributed by atoms with Crippen LogP contribution in [0.5, 0.6) is 0 Å². The van der Waals surface area contributed by atoms with Gasteiger partial charge in [-0.3, -0.25) is 4.79 Å². The number of aliphatic hydroxyl groups is 1. The van der Waals surface area contributed by atoms with E-state index in [2.05, 4.69) is 5.32 Å². The molecule has 5 nitrogen and oxygen atoms in total. The van der Waals surface area contributed by atoms with Crippen molar-refractivity contribution < 1.29 is 14.3 Å². The summed E-state index contributed by atoms with van der Waals surface area (Å²) in [5.41, 5.74) is 6.03. The van der Waals surface area contributed by atoms with Gasteiger partial charge < -0.3 is 20.6 Å². The first-order valence-electron chi connectivity index (χ1n) is 6.86. The van der Waals surface area contributed by atoms with Gasteiger partial charge in [-0.1, -0.05) is 12.8 Å². The van der Waals surface area contributed by atoms with Crippen LogP contribution in [0.15, 0.2) is 16.7 Å². The molecule has 1 heterocycles. The highest BCUT2D eigenvalue weighted by Crippen LogP contribution is 2.40. The van der Waals surface area contributed by atoms with Crippen LogP contribution in [-0.4, -0.2) is 24.2 Å². The minimum Gasteiger partial charge on any atom is -0.467 e. The maximum atomic E-state index is 12.0. The number of carbonyl (C=O) groups is 1. The summed E-state index contributed by atoms with van der Waals surface area (Å²) in [6.07, 6.45) is 6.70. The predicted molar refractivity (Wildman–Crippen MR) is 78.8 cm³/mol. The molecule has 1 aliphatic carbocycles. The van der Waals surface area contributed by atoms with Gasteiger partial charge in [0.15, 0.2) is 0 Å². The van der Waals surface area contributed by atoms with Crippen LogP contribution in [0.2, 0.25) is 0 Å². The first-order valence-corrected chi connectivity index (χ1v) is 6.86. The number of amides is 1. The molecule has 20 heavy (non-hydrogen) atoms. The number of hydrogen-bond acceptors (Lipinski definition) is 4. The fraction of sp³-hybridized carbons (Fsp3) is 0.643. The number of aliphatic hydroxyl groups excluding tert-OH is 1. The van der Waals surface area contributed by atoms with E-state index in [9.17, 15) is 4.79 Å². The summed E-state index contributed by atoms with van der Waals surface area (Å²) >= 11 is 0. The van der Waals surface area contributed by atoms with Crippen molar-refractivity contribution in [3.05, 3.63) is 23.7 Å². The molecule has 1 fully saturated rings. The van der Waals surface area contributed by atoms with Gasteiger partial charge in [0.05, 0.1) is 12.1 Å². The van der Waals surface area contributed by atoms with Crippen LogP contribution < -0.4 is 11.1 Å². The van der Waals surface area contributed by atoms with Crippen molar-refractivity contribution in [3.63, 3.8) is 0 Å². The number of hydrogen-bond donors (Lipinski definition) is 3. The third kappa shape index (κ3) is 3.98. The zero-order valence-corrected chi connectivity index (χ0v) is 12.4. The van der Waals surface area contributed by atoms with Gasteiger partial charge in [-0.25, -0.2) is 0 Å². The van der Waals surface area contributed by atoms with E-state index in [1.807, 2.05) is 0 Å². The summed E-state index contributed by atoms with van der Waals surface area (Å²) in [6.45, 7) is 1.09. The van der Waals surface area contributed by atoms with E-state index >= 15 is 0 Å². The monoisotopic (exact) mass is 302 g/mol. The lowest BCUT2D eigenvalue weighted by molar-refractivity contribution is 0.0916. The molecule has 0 radical (unpaired) electrons. The first kappa shape index (κ1) is 17.0. The maximum absolute atomic E-state index is 12.0. The molecular weight excluding hydrogens is 280 g/mol. The van der Waals surface area contributed by atoms with Crippen molar-refractivity contribution in [2.75, 3.05) is 13.2 Å². The normalized spacial score (nSPS) is 16.7. The van der Waals surface area contributed by atoms with E-state index in [4.69, 9.17) is 15.3 Å². The second kappa shape index (κ2) is 7.67. The van der Waals surface area contributed by atoms with E-state index < -0.39 is 0 Å². The van der Waals surface area contributed by atoms with Crippen LogP contribution in [0.4, 0.5) is 0 Å². The molecule has 2 rings (SSSR count). The lowest BCUT2D eigenvalue weighted by Crippen LogP contribution is -2.36. The van der Waals surface area contributed by atoms with Crippen molar-refractivity contribution in [3.8, 4) is 0 Å². The van der Waals surface area contributed by atoms with Crippen molar-refractivity contribution in [2.45, 2.75) is 38.6 Å². The molecule has 0 aliphatic heterocycles. The topological polar surface area (TPSA) is 88.5 Å². The Morgan fingerprint density at radius 3 is 2.70 bits per heavy atom. The predicted octanol–water partition coefficient (Wildman–Crippen LogP) is 1.83. The average molecular weight is 303 g/mol. The van der Waals surface area contributed by atoms with Crippen LogP contribution in [0.25, 0.3) is 0 Å². The molecule has 0 spiro atoms. The minimum absolute atomic E-state index is 0. The van der Waals surface area contributed by atoms with Crippen molar-refractivity contribution >= 4 is 18.3 Å². The molecule has 1 amide bonds. The molecule has 0 bridgehead atoms. The van der Waals surface area contributed by atoms with E-state index in [0.717, 1.165) is 19.3 Å². The van der Waals surface area contributed by atoms with Crippen molar-refractivity contribution in [1.29, 1.82) is 0 Å². The van der Waals surface area contributed by atoms with Gasteiger partial charge in [-0.05, 0) is 30.7 Å². The maximum Gasteiger partial charge on any atom is 0.254 e. The van der Waals surface area contributed by atoms with Gasteiger partial charge in [-0.2, -0.15) is 0 Å². The zero-order chi connectivity index (χ0) is 13.7. The highest BCUT2D eigenvalue weighted by Gasteiger charge is 2.33. The van der Waals surface area contributed by atoms with Crippen LogP contribution in [-0.2, 0) is 6.54 Å². The number of nitrogens with one attached hydrogen (secondary N) is 1. The van der Waals surface area contributed by atoms with E-state index in [0.29, 0.717) is 24.4 Å². The fourth-order valence-electron chi connectivity index (χ4n) is 2.85. The Labute approximate surface area is 125 Å². The number of nitrogens with two attached hydrogens (primary N) is 1. The third-order valence-electron chi connectivity index (χ3n) is 4.05. The zero-order valence-electron chi connectivity index (χ0n) is 11.6. The van der Waals surface area contributed by atoms with Crippen LogP contribution in [0.1, 0.15) is 48.2 Å². The van der Waals surface area contributed by atoms with Gasteiger partial charge in [-0.15, -0.1) is 12.4 Å². The summed E-state index contributed by atoms with van der Waals surface area (Å²) in [5, 5.41) is 12.1. The molecule has 0 saturated heterocycles. The Hall–Kier alpha value is -1.04. The summed E-state index contributed by atoms with van der Waals surface area (Å²) < 4.78 is 5.15. The Morgan fingerprint density at radius 1 is 1.45 bits per heavy atom. The van der Waals surface area contributed by atoms with Crippen LogP contribution >= 0.6 is 12.4 Å². The van der Waals surface area contributed by atoms with Gasteiger partial charge in [0.25, 0.3) is 5.91 Å². The smallest absolute Gasteiger partial charge is 0.254 e. The molecule has 6 heteroatoms. The van der Waals surface area contributed by atoms with Gasteiger partial charge in [0, 0.05) is 13.2 Å². The van der Waals surface area contributed by atoms with Crippen LogP contribution in [0.3, 0.4) is 0 Å². The van der Waals surface area contributed by atoms with Gasteiger partial charge >= 0.3 is 0 Å². The first-order chi connectivity index (χ1) is 9.19. The third-order valence-corrected chi connectivity index (χ3v) is 4.05. The highest BCUT2D eigenvalue weighted by molar-refractivity contribution is 5.94. The molecule has 4 N–H and O–H groups in total. The Kier molecular flexibility index (Phi) is 6.52. The number of rotatable bonds is 6. The van der Waals surface area contributed by atoms with Gasteiger partial charge in [0.1, 0.15) is 12.0 Å². The quantitative estimate of drug-likeness (QED) is 0.748. The number of halogens is 1. The summed E-state index contributed by atoms with van der Waals surface area (Å²) in [4.78, 5) is 12.0. The SMILES string of the molecule is Cl.NCc1cc(C(=O)NCC2(CCO)CCCC2)co1. The fourth-order valence-corrected chi connectivity index (χ4v) is 2.85. The molecule has 0 aromatic carbocycles. The summed E-state index contributed by atoms with van der Waals surface area (Å²) in [6, 6.07) is 1.67. The van der Waals surface area contributed by atoms with E-state index in [-0.39, 0.29) is 30.3 Å². The van der Waals surface area contributed by atoms with Crippen molar-refractivity contribution in [2.24, 2.45) is 11.1 Å². The average Bonchev–Trinajstić information content (AvgIpc) is 3.06. The Bertz CT molecular complexity index is 428. The number of carbonyl (C=O) groups excluding carboxylic acids is 1. The lowest BCUT2D eigenvalue weighted by Gasteiger charge is -2.28. The largest absolute Gasteiger partial charge is 0.467 e. The van der Waals surface area contributed by atoms with Crippen LogP contribution in [0, 0.1) is 5.41 Å². The lowest BCUT2D eigenvalue weighted by atomic mass is 9.83. The molecule has 0 unspecified atom stereocenters. The van der Waals surface area contributed by atoms with Crippen molar-refractivity contribution in [1.82, 2.24) is 5.32 Å². The van der Waals surface area contributed by atoms with E-state index in [1.54, 1.807) is 6.07 Å².